The molecule has 172 valence electrons. The van der Waals surface area contributed by atoms with Crippen molar-refractivity contribution in [1.29, 1.82) is 0 Å². The lowest BCUT2D eigenvalue weighted by Gasteiger charge is -2.14. The molecule has 1 aromatic heterocycles. The van der Waals surface area contributed by atoms with Gasteiger partial charge in [0.05, 0.1) is 12.3 Å². The van der Waals surface area contributed by atoms with E-state index in [2.05, 4.69) is 15.7 Å². The minimum absolute atomic E-state index is 0.0614. The van der Waals surface area contributed by atoms with Crippen LogP contribution in [-0.2, 0) is 11.8 Å². The zero-order valence-corrected chi connectivity index (χ0v) is 19.2. The van der Waals surface area contributed by atoms with Gasteiger partial charge in [0, 0.05) is 36.5 Å². The summed E-state index contributed by atoms with van der Waals surface area (Å²) >= 11 is 6.09. The van der Waals surface area contributed by atoms with Gasteiger partial charge in [-0.05, 0) is 61.7 Å². The average molecular weight is 469 g/mol. The molecule has 0 radical (unpaired) electrons. The second-order valence-electron chi connectivity index (χ2n) is 7.88. The molecule has 1 aliphatic rings. The van der Waals surface area contributed by atoms with Crippen molar-refractivity contribution in [2.45, 2.75) is 25.9 Å². The lowest BCUT2D eigenvalue weighted by Crippen LogP contribution is -2.31. The van der Waals surface area contributed by atoms with E-state index in [0.29, 0.717) is 28.6 Å². The molecule has 8 nitrogen and oxygen atoms in total. The second-order valence-corrected chi connectivity index (χ2v) is 8.28. The molecule has 1 amide bonds. The molecule has 4 rings (SSSR count). The zero-order chi connectivity index (χ0) is 23.4. The third kappa shape index (κ3) is 5.53. The highest BCUT2D eigenvalue weighted by atomic mass is 35.5. The number of hydrogen-bond acceptors (Lipinski definition) is 6. The Labute approximate surface area is 196 Å². The summed E-state index contributed by atoms with van der Waals surface area (Å²) in [5.74, 6) is 0.579. The van der Waals surface area contributed by atoms with E-state index in [-0.39, 0.29) is 29.0 Å². The van der Waals surface area contributed by atoms with E-state index in [4.69, 9.17) is 21.1 Å². The largest absolute Gasteiger partial charge is 0.453 e. The van der Waals surface area contributed by atoms with Crippen molar-refractivity contribution in [1.82, 2.24) is 15.1 Å². The molecular weight excluding hydrogens is 444 g/mol. The number of carbonyl (C=O) groups excluding carboxylic acids is 1. The minimum Gasteiger partial charge on any atom is -0.453 e. The number of amides is 1. The molecule has 3 aromatic rings. The van der Waals surface area contributed by atoms with Crippen LogP contribution in [0.5, 0.6) is 11.5 Å². The van der Waals surface area contributed by atoms with Gasteiger partial charge in [-0.15, -0.1) is 0 Å². The van der Waals surface area contributed by atoms with Crippen LogP contribution in [0.2, 0.25) is 5.02 Å². The van der Waals surface area contributed by atoms with Crippen LogP contribution in [0.25, 0.3) is 0 Å². The van der Waals surface area contributed by atoms with E-state index in [1.807, 2.05) is 6.92 Å². The number of nitrogens with zero attached hydrogens (tertiary/aromatic N) is 2. The summed E-state index contributed by atoms with van der Waals surface area (Å²) in [6.07, 6.45) is 3.49. The third-order valence-corrected chi connectivity index (χ3v) is 5.79. The van der Waals surface area contributed by atoms with Crippen molar-refractivity contribution in [3.8, 4) is 11.5 Å². The van der Waals surface area contributed by atoms with Crippen LogP contribution in [0, 0.1) is 6.92 Å². The molecule has 33 heavy (non-hydrogen) atoms. The molecule has 0 aliphatic carbocycles. The Morgan fingerprint density at radius 2 is 2.15 bits per heavy atom. The fraction of sp³-hybridized carbons (Fsp3) is 0.292. The molecule has 1 atom stereocenters. The Bertz CT molecular complexity index is 1220. The summed E-state index contributed by atoms with van der Waals surface area (Å²) in [6, 6.07) is 12.1. The maximum atomic E-state index is 12.8. The fourth-order valence-corrected chi connectivity index (χ4v) is 3.64. The highest BCUT2D eigenvalue weighted by Crippen LogP contribution is 2.30. The Morgan fingerprint density at radius 1 is 1.30 bits per heavy atom. The first kappa shape index (κ1) is 22.8. The van der Waals surface area contributed by atoms with Crippen molar-refractivity contribution in [2.24, 2.45) is 7.05 Å². The summed E-state index contributed by atoms with van der Waals surface area (Å²) < 4.78 is 12.7. The van der Waals surface area contributed by atoms with Gasteiger partial charge in [-0.3, -0.25) is 9.59 Å². The number of aryl methyl sites for hydroxylation is 2. The maximum absolute atomic E-state index is 12.8. The molecule has 2 aromatic carbocycles. The van der Waals surface area contributed by atoms with Crippen LogP contribution in [0.4, 0.5) is 11.4 Å². The molecule has 9 heteroatoms. The van der Waals surface area contributed by atoms with Gasteiger partial charge in [-0.1, -0.05) is 17.7 Å². The predicted octanol–water partition coefficient (Wildman–Crippen LogP) is 4.19. The molecule has 1 saturated heterocycles. The quantitative estimate of drug-likeness (QED) is 0.540. The number of aromatic nitrogens is 2. The second kappa shape index (κ2) is 10.1. The summed E-state index contributed by atoms with van der Waals surface area (Å²) in [4.78, 5) is 25.4. The van der Waals surface area contributed by atoms with Gasteiger partial charge >= 0.3 is 0 Å². The van der Waals surface area contributed by atoms with Crippen molar-refractivity contribution in [3.63, 3.8) is 0 Å². The van der Waals surface area contributed by atoms with Crippen molar-refractivity contribution in [2.75, 3.05) is 18.5 Å². The van der Waals surface area contributed by atoms with Crippen molar-refractivity contribution >= 4 is 28.9 Å². The number of benzene rings is 2. The molecular formula is C24H25ClN4O4. The number of hydrogen-bond donors (Lipinski definition) is 2. The molecule has 2 N–H and O–H groups in total. The first-order valence-electron chi connectivity index (χ1n) is 10.7. The Hall–Kier alpha value is -3.36. The van der Waals surface area contributed by atoms with Crippen LogP contribution < -0.4 is 20.9 Å². The van der Waals surface area contributed by atoms with Crippen LogP contribution in [0.1, 0.15) is 28.8 Å². The van der Waals surface area contributed by atoms with Crippen LogP contribution in [0.3, 0.4) is 0 Å². The lowest BCUT2D eigenvalue weighted by atomic mass is 10.1. The average Bonchev–Trinajstić information content (AvgIpc) is 3.33. The Balaban J connectivity index is 1.55. The van der Waals surface area contributed by atoms with E-state index in [9.17, 15) is 9.59 Å². The molecule has 0 saturated carbocycles. The lowest BCUT2D eigenvalue weighted by molar-refractivity contribution is 0.0858. The first-order chi connectivity index (χ1) is 15.9. The Morgan fingerprint density at radius 3 is 2.91 bits per heavy atom. The Kier molecular flexibility index (Phi) is 6.96. The van der Waals surface area contributed by atoms with Gasteiger partial charge < -0.3 is 20.1 Å². The van der Waals surface area contributed by atoms with E-state index in [1.54, 1.807) is 49.5 Å². The van der Waals surface area contributed by atoms with E-state index in [0.717, 1.165) is 25.0 Å². The maximum Gasteiger partial charge on any atom is 0.294 e. The first-order valence-corrected chi connectivity index (χ1v) is 11.1. The van der Waals surface area contributed by atoms with Crippen molar-refractivity contribution in [3.05, 3.63) is 75.2 Å². The predicted molar refractivity (Wildman–Crippen MR) is 127 cm³/mol. The van der Waals surface area contributed by atoms with Crippen molar-refractivity contribution < 1.29 is 14.3 Å². The summed E-state index contributed by atoms with van der Waals surface area (Å²) in [6.45, 7) is 3.08. The number of ether oxygens (including phenoxy) is 2. The van der Waals surface area contributed by atoms with E-state index >= 15 is 0 Å². The number of nitrogens with one attached hydrogen (secondary N) is 2. The normalized spacial score (nSPS) is 15.3. The zero-order valence-electron chi connectivity index (χ0n) is 18.4. The topological polar surface area (TPSA) is 94.5 Å². The van der Waals surface area contributed by atoms with Gasteiger partial charge in [-0.25, -0.2) is 4.68 Å². The molecule has 1 aliphatic heterocycles. The molecule has 0 spiro atoms. The summed E-state index contributed by atoms with van der Waals surface area (Å²) in [7, 11) is 1.55. The van der Waals surface area contributed by atoms with E-state index in [1.165, 1.54) is 10.9 Å². The highest BCUT2D eigenvalue weighted by Gasteiger charge is 2.18. The third-order valence-electron chi connectivity index (χ3n) is 5.37. The number of rotatable bonds is 7. The van der Waals surface area contributed by atoms with Crippen LogP contribution >= 0.6 is 11.6 Å². The van der Waals surface area contributed by atoms with Gasteiger partial charge in [-0.2, -0.15) is 5.10 Å². The number of halogens is 1. The standard InChI is InChI=1S/C24H25ClN4O4/c1-15-11-18(8-9-20(15)25)33-21-14-27-29(2)24(31)22(21)28-17-6-3-5-16(12-17)23(30)26-13-19-7-4-10-32-19/h3,5-6,8-9,11-12,14,19,28H,4,7,10,13H2,1-2H3,(H,26,30)/t19-/m1/s1. The molecule has 1 fully saturated rings. The van der Waals surface area contributed by atoms with Crippen LogP contribution in [-0.4, -0.2) is 34.9 Å². The molecule has 0 bridgehead atoms. The van der Waals surface area contributed by atoms with Gasteiger partial charge in [0.15, 0.2) is 11.4 Å². The minimum atomic E-state index is -0.369. The van der Waals surface area contributed by atoms with Gasteiger partial charge in [0.25, 0.3) is 11.5 Å². The van der Waals surface area contributed by atoms with E-state index < -0.39 is 0 Å². The highest BCUT2D eigenvalue weighted by molar-refractivity contribution is 6.31. The monoisotopic (exact) mass is 468 g/mol. The summed E-state index contributed by atoms with van der Waals surface area (Å²) in [5, 5.41) is 10.7. The number of anilines is 2. The summed E-state index contributed by atoms with van der Waals surface area (Å²) in [5.41, 5.74) is 1.73. The number of carbonyl (C=O) groups is 1. The molecule has 2 heterocycles. The van der Waals surface area contributed by atoms with Crippen LogP contribution in [0.15, 0.2) is 53.5 Å². The van der Waals surface area contributed by atoms with Gasteiger partial charge in [0.2, 0.25) is 0 Å². The SMILES string of the molecule is Cc1cc(Oc2cnn(C)c(=O)c2Nc2cccc(C(=O)NC[C@H]3CCCO3)c2)ccc1Cl. The molecule has 0 unspecified atom stereocenters. The smallest absolute Gasteiger partial charge is 0.294 e. The fourth-order valence-electron chi connectivity index (χ4n) is 3.52. The van der Waals surface area contributed by atoms with Gasteiger partial charge in [0.1, 0.15) is 5.75 Å².